The average molecular weight is 345 g/mol. The number of halogens is 1. The molecule has 0 aliphatic rings. The van der Waals surface area contributed by atoms with Crippen molar-refractivity contribution in [3.8, 4) is 0 Å². The summed E-state index contributed by atoms with van der Waals surface area (Å²) in [7, 11) is 0. The van der Waals surface area contributed by atoms with Gasteiger partial charge in [-0.05, 0) is 29.7 Å². The smallest absolute Gasteiger partial charge is 0.336 e. The summed E-state index contributed by atoms with van der Waals surface area (Å²) in [4.78, 5) is 16.1. The summed E-state index contributed by atoms with van der Waals surface area (Å²) < 4.78 is 5.78. The number of benzene rings is 1. The van der Waals surface area contributed by atoms with Gasteiger partial charge in [-0.3, -0.25) is 0 Å². The number of carbonyl (C=O) groups is 1. The van der Waals surface area contributed by atoms with Crippen LogP contribution in [-0.2, 0) is 6.42 Å². The molecule has 18 heavy (non-hydrogen) atoms. The van der Waals surface area contributed by atoms with Crippen LogP contribution in [0.25, 0.3) is 0 Å². The van der Waals surface area contributed by atoms with Crippen LogP contribution >= 0.6 is 39.2 Å². The van der Waals surface area contributed by atoms with Crippen molar-refractivity contribution >= 4 is 45.2 Å². The summed E-state index contributed by atoms with van der Waals surface area (Å²) in [5.41, 5.74) is 0.274. The van der Waals surface area contributed by atoms with Gasteiger partial charge in [0.15, 0.2) is 4.34 Å². The number of aryl methyl sites for hydroxylation is 1. The number of aromatic nitrogens is 2. The van der Waals surface area contributed by atoms with Crippen molar-refractivity contribution in [1.82, 2.24) is 9.36 Å². The maximum absolute atomic E-state index is 11.1. The van der Waals surface area contributed by atoms with Crippen LogP contribution in [0.3, 0.4) is 0 Å². The molecule has 0 spiro atoms. The average Bonchev–Trinajstić information content (AvgIpc) is 2.76. The van der Waals surface area contributed by atoms with Gasteiger partial charge in [-0.25, -0.2) is 9.78 Å². The van der Waals surface area contributed by atoms with E-state index in [2.05, 4.69) is 25.3 Å². The second-order valence-electron chi connectivity index (χ2n) is 3.38. The predicted molar refractivity (Wildman–Crippen MR) is 74.5 cm³/mol. The third-order valence-electron chi connectivity index (χ3n) is 2.14. The van der Waals surface area contributed by atoms with Gasteiger partial charge >= 0.3 is 5.97 Å². The van der Waals surface area contributed by atoms with E-state index >= 15 is 0 Å². The highest BCUT2D eigenvalue weighted by Gasteiger charge is 2.13. The first-order valence-electron chi connectivity index (χ1n) is 5.13. The zero-order chi connectivity index (χ0) is 13.1. The topological polar surface area (TPSA) is 63.1 Å². The maximum atomic E-state index is 11.1. The molecule has 0 amide bonds. The lowest BCUT2D eigenvalue weighted by Crippen LogP contribution is -1.98. The molecule has 1 heterocycles. The van der Waals surface area contributed by atoms with Gasteiger partial charge in [0.05, 0.1) is 5.56 Å². The predicted octanol–water partition coefficient (Wildman–Crippen LogP) is 3.71. The first-order chi connectivity index (χ1) is 8.60. The molecular formula is C11H9BrN2O2S2. The molecule has 0 unspecified atom stereocenters. The van der Waals surface area contributed by atoms with Crippen molar-refractivity contribution in [2.45, 2.75) is 22.6 Å². The Morgan fingerprint density at radius 3 is 2.94 bits per heavy atom. The van der Waals surface area contributed by atoms with Crippen molar-refractivity contribution < 1.29 is 9.90 Å². The van der Waals surface area contributed by atoms with Gasteiger partial charge in [-0.15, -0.1) is 0 Å². The van der Waals surface area contributed by atoms with Gasteiger partial charge < -0.3 is 5.11 Å². The summed E-state index contributed by atoms with van der Waals surface area (Å²) in [6, 6.07) is 5.07. The Hall–Kier alpha value is -0.920. The van der Waals surface area contributed by atoms with E-state index in [1.165, 1.54) is 23.3 Å². The van der Waals surface area contributed by atoms with Crippen LogP contribution < -0.4 is 0 Å². The highest BCUT2D eigenvalue weighted by molar-refractivity contribution is 9.10. The number of carboxylic acid groups (broad SMARTS) is 1. The zero-order valence-corrected chi connectivity index (χ0v) is 12.6. The second-order valence-corrected chi connectivity index (χ2v) is 6.33. The minimum atomic E-state index is -0.940. The summed E-state index contributed by atoms with van der Waals surface area (Å²) in [5.74, 6) is -0.153. The standard InChI is InChI=1S/C11H9BrN2O2S2/c1-2-9-13-11(18-14-9)17-8-5-6(12)3-4-7(8)10(15)16/h3-5H,2H2,1H3,(H,15,16). The lowest BCUT2D eigenvalue weighted by Gasteiger charge is -2.03. The second kappa shape index (κ2) is 5.81. The quantitative estimate of drug-likeness (QED) is 0.915. The molecule has 0 saturated heterocycles. The van der Waals surface area contributed by atoms with E-state index in [1.54, 1.807) is 18.2 Å². The van der Waals surface area contributed by atoms with Crippen molar-refractivity contribution in [2.24, 2.45) is 0 Å². The van der Waals surface area contributed by atoms with Gasteiger partial charge in [0.25, 0.3) is 0 Å². The molecule has 0 saturated carbocycles. The molecule has 0 radical (unpaired) electrons. The van der Waals surface area contributed by atoms with Crippen molar-refractivity contribution in [2.75, 3.05) is 0 Å². The Bertz CT molecular complexity index is 586. The van der Waals surface area contributed by atoms with E-state index in [4.69, 9.17) is 5.11 Å². The van der Waals surface area contributed by atoms with Crippen molar-refractivity contribution in [1.29, 1.82) is 0 Å². The molecule has 1 N–H and O–H groups in total. The molecule has 94 valence electrons. The Kier molecular flexibility index (Phi) is 4.36. The van der Waals surface area contributed by atoms with E-state index in [0.717, 1.165) is 21.1 Å². The fourth-order valence-electron chi connectivity index (χ4n) is 1.27. The molecular weight excluding hydrogens is 336 g/mol. The number of nitrogens with zero attached hydrogens (tertiary/aromatic N) is 2. The lowest BCUT2D eigenvalue weighted by molar-refractivity contribution is 0.0693. The van der Waals surface area contributed by atoms with Crippen molar-refractivity contribution in [3.05, 3.63) is 34.1 Å². The number of rotatable bonds is 4. The molecule has 0 aliphatic heterocycles. The van der Waals surface area contributed by atoms with Crippen LogP contribution in [0.1, 0.15) is 23.1 Å². The minimum absolute atomic E-state index is 0.274. The molecule has 7 heteroatoms. The number of hydrogen-bond acceptors (Lipinski definition) is 5. The first kappa shape index (κ1) is 13.5. The Balaban J connectivity index is 2.32. The van der Waals surface area contributed by atoms with Crippen LogP contribution in [0.5, 0.6) is 0 Å². The van der Waals surface area contributed by atoms with Crippen LogP contribution in [0.4, 0.5) is 0 Å². The van der Waals surface area contributed by atoms with E-state index in [-0.39, 0.29) is 5.56 Å². The molecule has 0 fully saturated rings. The maximum Gasteiger partial charge on any atom is 0.336 e. The summed E-state index contributed by atoms with van der Waals surface area (Å²) >= 11 is 5.95. The van der Waals surface area contributed by atoms with Crippen LogP contribution in [0.2, 0.25) is 0 Å². The van der Waals surface area contributed by atoms with Gasteiger partial charge in [-0.1, -0.05) is 34.6 Å². The molecule has 0 aliphatic carbocycles. The highest BCUT2D eigenvalue weighted by atomic mass is 79.9. The van der Waals surface area contributed by atoms with E-state index in [9.17, 15) is 4.79 Å². The Morgan fingerprint density at radius 1 is 1.56 bits per heavy atom. The summed E-state index contributed by atoms with van der Waals surface area (Å²) in [5, 5.41) is 9.12. The minimum Gasteiger partial charge on any atom is -0.478 e. The fraction of sp³-hybridized carbons (Fsp3) is 0.182. The highest BCUT2D eigenvalue weighted by Crippen LogP contribution is 2.33. The molecule has 2 aromatic rings. The number of hydrogen-bond donors (Lipinski definition) is 1. The van der Waals surface area contributed by atoms with Gasteiger partial charge in [-0.2, -0.15) is 4.37 Å². The van der Waals surface area contributed by atoms with Crippen LogP contribution in [0.15, 0.2) is 31.9 Å². The number of aromatic carboxylic acids is 1. The van der Waals surface area contributed by atoms with E-state index < -0.39 is 5.97 Å². The molecule has 4 nitrogen and oxygen atoms in total. The molecule has 2 rings (SSSR count). The monoisotopic (exact) mass is 344 g/mol. The van der Waals surface area contributed by atoms with Gasteiger partial charge in [0.2, 0.25) is 0 Å². The molecule has 0 atom stereocenters. The fourth-order valence-corrected chi connectivity index (χ4v) is 3.61. The third kappa shape index (κ3) is 3.09. The zero-order valence-electron chi connectivity index (χ0n) is 9.38. The van der Waals surface area contributed by atoms with E-state index in [1.807, 2.05) is 6.92 Å². The Labute approximate surface area is 121 Å². The molecule has 1 aromatic heterocycles. The van der Waals surface area contributed by atoms with Gasteiger partial charge in [0.1, 0.15) is 5.82 Å². The summed E-state index contributed by atoms with van der Waals surface area (Å²) in [6.07, 6.45) is 0.779. The normalized spacial score (nSPS) is 10.6. The van der Waals surface area contributed by atoms with Crippen LogP contribution in [-0.4, -0.2) is 20.4 Å². The van der Waals surface area contributed by atoms with Crippen molar-refractivity contribution in [3.63, 3.8) is 0 Å². The summed E-state index contributed by atoms with van der Waals surface area (Å²) in [6.45, 7) is 1.98. The third-order valence-corrected chi connectivity index (χ3v) is 4.48. The van der Waals surface area contributed by atoms with Crippen LogP contribution in [0, 0.1) is 0 Å². The Morgan fingerprint density at radius 2 is 2.33 bits per heavy atom. The SMILES string of the molecule is CCc1nsc(Sc2cc(Br)ccc2C(=O)O)n1. The number of carboxylic acids is 1. The largest absolute Gasteiger partial charge is 0.478 e. The molecule has 0 bridgehead atoms. The van der Waals surface area contributed by atoms with E-state index in [0.29, 0.717) is 4.90 Å². The van der Waals surface area contributed by atoms with Gasteiger partial charge in [0, 0.05) is 15.8 Å². The first-order valence-corrected chi connectivity index (χ1v) is 7.51. The molecule has 1 aromatic carbocycles. The lowest BCUT2D eigenvalue weighted by atomic mass is 10.2.